The molecule has 1 aliphatic heterocycles. The van der Waals surface area contributed by atoms with E-state index in [2.05, 4.69) is 10.3 Å². The smallest absolute Gasteiger partial charge is 0.413 e. The van der Waals surface area contributed by atoms with Crippen molar-refractivity contribution in [1.29, 1.82) is 0 Å². The Balaban J connectivity index is 1.99. The number of ether oxygens (including phenoxy) is 2. The van der Waals surface area contributed by atoms with Crippen LogP contribution >= 0.6 is 0 Å². The first-order valence-corrected chi connectivity index (χ1v) is 6.17. The minimum Gasteiger partial charge on any atom is -0.496 e. The monoisotopic (exact) mass is 291 g/mol. The van der Waals surface area contributed by atoms with Crippen LogP contribution in [0.3, 0.4) is 0 Å². The van der Waals surface area contributed by atoms with Gasteiger partial charge in [-0.15, -0.1) is 0 Å². The van der Waals surface area contributed by atoms with Crippen LogP contribution < -0.4 is 15.0 Å². The number of halogens is 3. The molecule has 0 bridgehead atoms. The third-order valence-electron chi connectivity index (χ3n) is 2.90. The van der Waals surface area contributed by atoms with Crippen LogP contribution in [0.2, 0.25) is 0 Å². The Bertz CT molecular complexity index is 477. The van der Waals surface area contributed by atoms with Gasteiger partial charge in [-0.25, -0.2) is 0 Å². The topological polar surface area (TPSA) is 39.7 Å². The van der Waals surface area contributed by atoms with Gasteiger partial charge < -0.3 is 9.47 Å². The van der Waals surface area contributed by atoms with Gasteiger partial charge in [-0.05, 0) is 19.1 Å². The minimum atomic E-state index is -4.35. The molecule has 1 heterocycles. The number of hydrogen-bond donors (Lipinski definition) is 1. The molecule has 1 aliphatic rings. The van der Waals surface area contributed by atoms with Crippen LogP contribution in [0.5, 0.6) is 11.5 Å². The fourth-order valence-corrected chi connectivity index (χ4v) is 2.07. The van der Waals surface area contributed by atoms with E-state index in [0.717, 1.165) is 17.7 Å². The fourth-order valence-electron chi connectivity index (χ4n) is 2.07. The third-order valence-corrected chi connectivity index (χ3v) is 2.90. The minimum absolute atomic E-state index is 0.0967. The first-order chi connectivity index (χ1) is 9.39. The average molecular weight is 291 g/mol. The van der Waals surface area contributed by atoms with E-state index < -0.39 is 12.8 Å². The van der Waals surface area contributed by atoms with Gasteiger partial charge in [0.05, 0.1) is 7.11 Å². The van der Waals surface area contributed by atoms with E-state index in [9.17, 15) is 13.2 Å². The molecule has 0 aromatic heterocycles. The van der Waals surface area contributed by atoms with Crippen LogP contribution in [0.15, 0.2) is 12.1 Å². The molecule has 1 aromatic carbocycles. The van der Waals surface area contributed by atoms with E-state index in [1.165, 1.54) is 7.11 Å². The number of hydroxylamine groups is 1. The van der Waals surface area contributed by atoms with Crippen molar-refractivity contribution in [2.45, 2.75) is 32.2 Å². The van der Waals surface area contributed by atoms with E-state index >= 15 is 0 Å². The summed E-state index contributed by atoms with van der Waals surface area (Å²) in [5.74, 6) is 1.34. The SMILES string of the molecule is COc1cc2c(cc1CNOCC(F)(F)F)OC(C)C2. The van der Waals surface area contributed by atoms with Crippen molar-refractivity contribution in [3.05, 3.63) is 23.3 Å². The maximum Gasteiger partial charge on any atom is 0.413 e. The summed E-state index contributed by atoms with van der Waals surface area (Å²) < 4.78 is 46.7. The van der Waals surface area contributed by atoms with Crippen LogP contribution in [-0.4, -0.2) is 26.0 Å². The average Bonchev–Trinajstić information content (AvgIpc) is 2.71. The van der Waals surface area contributed by atoms with Crippen molar-refractivity contribution in [2.24, 2.45) is 0 Å². The number of benzene rings is 1. The Morgan fingerprint density at radius 3 is 2.80 bits per heavy atom. The molecular formula is C13H16F3NO3. The van der Waals surface area contributed by atoms with Crippen LogP contribution in [-0.2, 0) is 17.8 Å². The first kappa shape index (κ1) is 14.9. The fraction of sp³-hybridized carbons (Fsp3) is 0.538. The van der Waals surface area contributed by atoms with Gasteiger partial charge in [0, 0.05) is 24.1 Å². The second-order valence-electron chi connectivity index (χ2n) is 4.63. The highest BCUT2D eigenvalue weighted by molar-refractivity contribution is 5.48. The van der Waals surface area contributed by atoms with Crippen molar-refractivity contribution < 1.29 is 27.5 Å². The number of methoxy groups -OCH3 is 1. The lowest BCUT2D eigenvalue weighted by molar-refractivity contribution is -0.190. The van der Waals surface area contributed by atoms with E-state index in [1.54, 1.807) is 6.07 Å². The van der Waals surface area contributed by atoms with Gasteiger partial charge in [-0.1, -0.05) is 0 Å². The van der Waals surface area contributed by atoms with Gasteiger partial charge in [0.25, 0.3) is 0 Å². The van der Waals surface area contributed by atoms with E-state index in [-0.39, 0.29) is 12.6 Å². The molecule has 0 fully saturated rings. The number of alkyl halides is 3. The van der Waals surface area contributed by atoms with E-state index in [4.69, 9.17) is 9.47 Å². The van der Waals surface area contributed by atoms with Crippen LogP contribution in [0.25, 0.3) is 0 Å². The quantitative estimate of drug-likeness (QED) is 0.668. The molecule has 0 amide bonds. The highest BCUT2D eigenvalue weighted by Crippen LogP contribution is 2.34. The molecule has 1 atom stereocenters. The maximum absolute atomic E-state index is 11.9. The second-order valence-corrected chi connectivity index (χ2v) is 4.63. The summed E-state index contributed by atoms with van der Waals surface area (Å²) in [5.41, 5.74) is 4.00. The Hall–Kier alpha value is -1.47. The predicted molar refractivity (Wildman–Crippen MR) is 65.6 cm³/mol. The second kappa shape index (κ2) is 5.88. The molecule has 0 saturated carbocycles. The lowest BCUT2D eigenvalue weighted by atomic mass is 10.1. The van der Waals surface area contributed by atoms with E-state index in [0.29, 0.717) is 11.3 Å². The molecule has 1 N–H and O–H groups in total. The molecule has 2 rings (SSSR count). The number of fused-ring (bicyclic) bond motifs is 1. The van der Waals surface area contributed by atoms with Crippen molar-refractivity contribution in [3.8, 4) is 11.5 Å². The molecule has 112 valence electrons. The van der Waals surface area contributed by atoms with E-state index in [1.807, 2.05) is 13.0 Å². The van der Waals surface area contributed by atoms with Gasteiger partial charge in [0.2, 0.25) is 0 Å². The van der Waals surface area contributed by atoms with Crippen molar-refractivity contribution in [1.82, 2.24) is 5.48 Å². The molecular weight excluding hydrogens is 275 g/mol. The summed E-state index contributed by atoms with van der Waals surface area (Å²) in [6, 6.07) is 3.61. The number of hydrogen-bond acceptors (Lipinski definition) is 4. The normalized spacial score (nSPS) is 17.8. The Morgan fingerprint density at radius 1 is 1.40 bits per heavy atom. The maximum atomic E-state index is 11.9. The number of rotatable bonds is 5. The standard InChI is InChI=1S/C13H16F3NO3/c1-8-3-9-4-11(18-2)10(5-12(9)20-8)6-17-19-7-13(14,15)16/h4-5,8,17H,3,6-7H2,1-2H3. The summed E-state index contributed by atoms with van der Waals surface area (Å²) in [5, 5.41) is 0. The summed E-state index contributed by atoms with van der Waals surface area (Å²) >= 11 is 0. The van der Waals surface area contributed by atoms with Crippen molar-refractivity contribution in [3.63, 3.8) is 0 Å². The summed E-state index contributed by atoms with van der Waals surface area (Å²) in [4.78, 5) is 4.37. The van der Waals surface area contributed by atoms with Gasteiger partial charge in [0.1, 0.15) is 17.6 Å². The van der Waals surface area contributed by atoms with Crippen LogP contribution in [0.4, 0.5) is 13.2 Å². The molecule has 7 heteroatoms. The molecule has 0 radical (unpaired) electrons. The highest BCUT2D eigenvalue weighted by atomic mass is 19.4. The molecule has 1 aromatic rings. The Morgan fingerprint density at radius 2 is 2.15 bits per heavy atom. The van der Waals surface area contributed by atoms with Gasteiger partial charge in [-0.3, -0.25) is 4.84 Å². The molecule has 0 spiro atoms. The lowest BCUT2D eigenvalue weighted by Gasteiger charge is -2.12. The lowest BCUT2D eigenvalue weighted by Crippen LogP contribution is -2.24. The molecule has 20 heavy (non-hydrogen) atoms. The van der Waals surface area contributed by atoms with Gasteiger partial charge in [0.15, 0.2) is 6.61 Å². The summed E-state index contributed by atoms with van der Waals surface area (Å²) in [7, 11) is 1.51. The Kier molecular flexibility index (Phi) is 4.39. The van der Waals surface area contributed by atoms with Crippen LogP contribution in [0.1, 0.15) is 18.1 Å². The third kappa shape index (κ3) is 3.77. The zero-order valence-corrected chi connectivity index (χ0v) is 11.2. The molecule has 0 saturated heterocycles. The molecule has 4 nitrogen and oxygen atoms in total. The summed E-state index contributed by atoms with van der Waals surface area (Å²) in [6.45, 7) is 0.717. The van der Waals surface area contributed by atoms with Gasteiger partial charge in [-0.2, -0.15) is 18.7 Å². The first-order valence-electron chi connectivity index (χ1n) is 6.17. The summed E-state index contributed by atoms with van der Waals surface area (Å²) in [6.07, 6.45) is -3.46. The zero-order valence-electron chi connectivity index (χ0n) is 11.2. The zero-order chi connectivity index (χ0) is 14.8. The number of nitrogens with one attached hydrogen (secondary N) is 1. The van der Waals surface area contributed by atoms with Gasteiger partial charge >= 0.3 is 6.18 Å². The molecule has 0 aliphatic carbocycles. The largest absolute Gasteiger partial charge is 0.496 e. The van der Waals surface area contributed by atoms with Crippen LogP contribution in [0, 0.1) is 0 Å². The highest BCUT2D eigenvalue weighted by Gasteiger charge is 2.28. The van der Waals surface area contributed by atoms with Crippen molar-refractivity contribution in [2.75, 3.05) is 13.7 Å². The van der Waals surface area contributed by atoms with Crippen molar-refractivity contribution >= 4 is 0 Å². The molecule has 1 unspecified atom stereocenters. The Labute approximate surface area is 114 Å². The predicted octanol–water partition coefficient (Wildman–Crippen LogP) is 2.60.